The lowest BCUT2D eigenvalue weighted by Gasteiger charge is -2.11. The number of hydrogen-bond donors (Lipinski definition) is 1. The van der Waals surface area contributed by atoms with E-state index < -0.39 is 0 Å². The van der Waals surface area contributed by atoms with Crippen molar-refractivity contribution in [1.82, 2.24) is 9.62 Å². The molecule has 0 aromatic rings. The second kappa shape index (κ2) is 3.31. The van der Waals surface area contributed by atoms with Gasteiger partial charge in [-0.1, -0.05) is 0 Å². The number of nitrogens with one attached hydrogen (secondary N) is 1. The molecule has 54 valence electrons. The number of nitrogens with zero attached hydrogens (tertiary/aromatic N) is 1. The van der Waals surface area contributed by atoms with E-state index in [4.69, 9.17) is 0 Å². The zero-order valence-electron chi connectivity index (χ0n) is 5.57. The smallest absolute Gasteiger partial charge is 0.313 e. The van der Waals surface area contributed by atoms with Gasteiger partial charge in [-0.25, -0.2) is 9.10 Å². The van der Waals surface area contributed by atoms with Crippen molar-refractivity contribution in [3.05, 3.63) is 24.6 Å². The van der Waals surface area contributed by atoms with Gasteiger partial charge in [0.25, 0.3) is 0 Å². The molecule has 1 rings (SSSR count). The van der Waals surface area contributed by atoms with E-state index in [0.717, 1.165) is 0 Å². The zero-order valence-corrected chi connectivity index (χ0v) is 6.39. The van der Waals surface area contributed by atoms with Crippen LogP contribution in [0.15, 0.2) is 24.6 Å². The number of urea groups is 1. The second-order valence-corrected chi connectivity index (χ2v) is 2.42. The summed E-state index contributed by atoms with van der Waals surface area (Å²) in [5.74, 6) is 0. The monoisotopic (exact) mass is 156 g/mol. The molecule has 0 unspecified atom stereocenters. The number of rotatable bonds is 1. The lowest BCUT2D eigenvalue weighted by atomic mass is 10.6. The molecule has 0 radical (unpaired) electrons. The molecule has 0 aliphatic carbocycles. The van der Waals surface area contributed by atoms with Gasteiger partial charge in [-0.2, -0.15) is 0 Å². The molecule has 0 atom stereocenters. The average molecular weight is 156 g/mol. The fourth-order valence-corrected chi connectivity index (χ4v) is 0.988. The third-order valence-corrected chi connectivity index (χ3v) is 1.71. The summed E-state index contributed by atoms with van der Waals surface area (Å²) in [5.41, 5.74) is 0. The van der Waals surface area contributed by atoms with Crippen LogP contribution in [0.25, 0.3) is 0 Å². The summed E-state index contributed by atoms with van der Waals surface area (Å²) in [5, 5.41) is 2.57. The molecule has 3 nitrogen and oxygen atoms in total. The predicted molar refractivity (Wildman–Crippen MR) is 42.2 cm³/mol. The minimum absolute atomic E-state index is 0.113. The maximum Gasteiger partial charge on any atom is 0.335 e. The van der Waals surface area contributed by atoms with Crippen molar-refractivity contribution in [1.29, 1.82) is 0 Å². The molecule has 1 aliphatic heterocycles. The lowest BCUT2D eigenvalue weighted by Crippen LogP contribution is -2.27. The Hall–Kier alpha value is -0.900. The Labute approximate surface area is 63.9 Å². The van der Waals surface area contributed by atoms with Crippen LogP contribution in [0.2, 0.25) is 0 Å². The highest BCUT2D eigenvalue weighted by molar-refractivity contribution is 7.96. The predicted octanol–water partition coefficient (Wildman–Crippen LogP) is 1.32. The van der Waals surface area contributed by atoms with Crippen molar-refractivity contribution in [3.8, 4) is 0 Å². The maximum absolute atomic E-state index is 10.9. The molecule has 0 bridgehead atoms. The number of allylic oxidation sites excluding steroid dienone is 2. The fourth-order valence-electron chi connectivity index (χ4n) is 0.578. The van der Waals surface area contributed by atoms with Gasteiger partial charge >= 0.3 is 6.03 Å². The molecule has 0 saturated carbocycles. The van der Waals surface area contributed by atoms with Gasteiger partial charge in [0, 0.05) is 18.7 Å². The van der Waals surface area contributed by atoms with Gasteiger partial charge in [-0.15, -0.1) is 0 Å². The Morgan fingerprint density at radius 1 is 1.60 bits per heavy atom. The third kappa shape index (κ3) is 1.54. The lowest BCUT2D eigenvalue weighted by molar-refractivity contribution is 0.237. The topological polar surface area (TPSA) is 32.3 Å². The second-order valence-electron chi connectivity index (χ2n) is 1.66. The van der Waals surface area contributed by atoms with Crippen LogP contribution >= 0.6 is 11.9 Å². The molecule has 0 saturated heterocycles. The highest BCUT2D eigenvalue weighted by atomic mass is 32.2. The molecule has 0 spiro atoms. The molecular formula is C6H8N2OS. The van der Waals surface area contributed by atoms with Crippen LogP contribution in [-0.2, 0) is 0 Å². The largest absolute Gasteiger partial charge is 0.335 e. The van der Waals surface area contributed by atoms with Crippen LogP contribution in [0.5, 0.6) is 0 Å². The van der Waals surface area contributed by atoms with Crippen LogP contribution in [0.3, 0.4) is 0 Å². The summed E-state index contributed by atoms with van der Waals surface area (Å²) in [6, 6.07) is -0.113. The first-order valence-corrected chi connectivity index (χ1v) is 4.00. The van der Waals surface area contributed by atoms with E-state index in [1.54, 1.807) is 24.6 Å². The number of carbonyl (C=O) groups is 1. The van der Waals surface area contributed by atoms with Crippen molar-refractivity contribution in [3.63, 3.8) is 0 Å². The molecule has 10 heavy (non-hydrogen) atoms. The quantitative estimate of drug-likeness (QED) is 0.581. The van der Waals surface area contributed by atoms with Crippen LogP contribution in [0.4, 0.5) is 4.79 Å². The third-order valence-electron chi connectivity index (χ3n) is 1.03. The summed E-state index contributed by atoms with van der Waals surface area (Å²) in [4.78, 5) is 10.9. The highest BCUT2D eigenvalue weighted by Gasteiger charge is 2.07. The number of hydrogen-bond acceptors (Lipinski definition) is 2. The average Bonchev–Trinajstić information content (AvgIpc) is 2.13. The number of amides is 2. The van der Waals surface area contributed by atoms with Crippen molar-refractivity contribution in [2.24, 2.45) is 0 Å². The van der Waals surface area contributed by atoms with E-state index in [0.29, 0.717) is 0 Å². The van der Waals surface area contributed by atoms with Crippen LogP contribution in [0, 0.1) is 0 Å². The zero-order chi connectivity index (χ0) is 7.40. The minimum Gasteiger partial charge on any atom is -0.313 e. The van der Waals surface area contributed by atoms with Crippen molar-refractivity contribution in [2.75, 3.05) is 6.26 Å². The molecule has 4 heteroatoms. The van der Waals surface area contributed by atoms with Gasteiger partial charge in [-0.05, 0) is 24.1 Å². The minimum atomic E-state index is -0.113. The molecule has 0 aromatic heterocycles. The molecule has 1 aliphatic rings. The van der Waals surface area contributed by atoms with E-state index >= 15 is 0 Å². The Morgan fingerprint density at radius 2 is 2.40 bits per heavy atom. The van der Waals surface area contributed by atoms with Gasteiger partial charge in [-0.3, -0.25) is 0 Å². The highest BCUT2D eigenvalue weighted by Crippen LogP contribution is 2.07. The Morgan fingerprint density at radius 3 is 3.10 bits per heavy atom. The fraction of sp³-hybridized carbons (Fsp3) is 0.167. The summed E-state index contributed by atoms with van der Waals surface area (Å²) < 4.78 is 1.51. The normalized spacial score (nSPS) is 16.9. The SMILES string of the molecule is CSN1C=CC=CNC1=O. The first kappa shape index (κ1) is 7.21. The van der Waals surface area contributed by atoms with E-state index in [9.17, 15) is 4.79 Å². The molecule has 1 heterocycles. The molecule has 0 fully saturated rings. The maximum atomic E-state index is 10.9. The standard InChI is InChI=1S/C6H8N2OS/c1-10-8-5-3-2-4-7-6(8)9/h2-5H,1H3,(H,7,9). The summed E-state index contributed by atoms with van der Waals surface area (Å²) in [6.07, 6.45) is 8.73. The van der Waals surface area contributed by atoms with Crippen molar-refractivity contribution >= 4 is 18.0 Å². The molecule has 0 aromatic carbocycles. The van der Waals surface area contributed by atoms with Crippen LogP contribution < -0.4 is 5.32 Å². The van der Waals surface area contributed by atoms with Crippen LogP contribution in [-0.4, -0.2) is 16.6 Å². The van der Waals surface area contributed by atoms with Gasteiger partial charge in [0.1, 0.15) is 0 Å². The van der Waals surface area contributed by atoms with Crippen molar-refractivity contribution in [2.45, 2.75) is 0 Å². The summed E-state index contributed by atoms with van der Waals surface area (Å²) in [7, 11) is 0. The van der Waals surface area contributed by atoms with Gasteiger partial charge in [0.05, 0.1) is 0 Å². The Balaban J connectivity index is 2.66. The van der Waals surface area contributed by atoms with Crippen LogP contribution in [0.1, 0.15) is 0 Å². The van der Waals surface area contributed by atoms with E-state index in [1.165, 1.54) is 16.3 Å². The summed E-state index contributed by atoms with van der Waals surface area (Å²) in [6.45, 7) is 0. The summed E-state index contributed by atoms with van der Waals surface area (Å²) >= 11 is 1.36. The van der Waals surface area contributed by atoms with Gasteiger partial charge in [0.2, 0.25) is 0 Å². The van der Waals surface area contributed by atoms with Gasteiger partial charge < -0.3 is 5.32 Å². The Kier molecular flexibility index (Phi) is 2.39. The number of carbonyl (C=O) groups excluding carboxylic acids is 1. The van der Waals surface area contributed by atoms with E-state index in [2.05, 4.69) is 5.32 Å². The molecule has 1 N–H and O–H groups in total. The Bertz CT molecular complexity index is 188. The van der Waals surface area contributed by atoms with E-state index in [-0.39, 0.29) is 6.03 Å². The van der Waals surface area contributed by atoms with E-state index in [1.807, 2.05) is 6.26 Å². The first-order valence-electron chi connectivity index (χ1n) is 2.82. The molecule has 2 amide bonds. The van der Waals surface area contributed by atoms with Gasteiger partial charge in [0.15, 0.2) is 0 Å². The first-order chi connectivity index (χ1) is 4.84. The molecular weight excluding hydrogens is 148 g/mol. The van der Waals surface area contributed by atoms with Crippen molar-refractivity contribution < 1.29 is 4.79 Å².